The molecule has 2 aromatic rings. The number of methoxy groups -OCH3 is 1. The Bertz CT molecular complexity index is 678. The zero-order valence-electron chi connectivity index (χ0n) is 10.7. The second kappa shape index (κ2) is 6.42. The quantitative estimate of drug-likeness (QED) is 0.841. The van der Waals surface area contributed by atoms with Gasteiger partial charge in [-0.05, 0) is 18.2 Å². The van der Waals surface area contributed by atoms with E-state index in [9.17, 15) is 9.59 Å². The minimum Gasteiger partial charge on any atom is -0.465 e. The number of rotatable bonds is 5. The van der Waals surface area contributed by atoms with Crippen molar-refractivity contribution in [2.75, 3.05) is 7.11 Å². The summed E-state index contributed by atoms with van der Waals surface area (Å²) in [7, 11) is 1.28. The van der Waals surface area contributed by atoms with Gasteiger partial charge in [0.1, 0.15) is 0 Å². The lowest BCUT2D eigenvalue weighted by Crippen LogP contribution is -2.17. The van der Waals surface area contributed by atoms with Gasteiger partial charge in [-0.3, -0.25) is 4.57 Å². The smallest absolute Gasteiger partial charge is 0.351 e. The van der Waals surface area contributed by atoms with Crippen molar-refractivity contribution >= 4 is 40.7 Å². The average Bonchev–Trinajstić information content (AvgIpc) is 2.95. The second-order valence-corrected chi connectivity index (χ2v) is 6.23. The lowest BCUT2D eigenvalue weighted by atomic mass is 10.5. The van der Waals surface area contributed by atoms with Crippen molar-refractivity contribution in [3.05, 3.63) is 20.5 Å². The third-order valence-electron chi connectivity index (χ3n) is 2.29. The summed E-state index contributed by atoms with van der Waals surface area (Å²) in [5.74, 6) is -0.535. The monoisotopic (exact) mass is 334 g/mol. The van der Waals surface area contributed by atoms with Gasteiger partial charge in [-0.2, -0.15) is 0 Å². The number of aromatic nitrogens is 4. The first-order chi connectivity index (χ1) is 9.56. The number of halogens is 1. The second-order valence-electron chi connectivity index (χ2n) is 3.66. The molecule has 0 radical (unpaired) electrons. The summed E-state index contributed by atoms with van der Waals surface area (Å²) in [5.41, 5.74) is -0.273. The van der Waals surface area contributed by atoms with Gasteiger partial charge in [0, 0.05) is 6.54 Å². The maximum absolute atomic E-state index is 11.6. The molecule has 1 N–H and O–H groups in total. The van der Waals surface area contributed by atoms with Crippen LogP contribution in [0.4, 0.5) is 0 Å². The summed E-state index contributed by atoms with van der Waals surface area (Å²) >= 11 is 8.15. The van der Waals surface area contributed by atoms with Crippen LogP contribution in [0.5, 0.6) is 0 Å². The molecule has 0 fully saturated rings. The Kier molecular flexibility index (Phi) is 4.84. The first kappa shape index (κ1) is 15.1. The van der Waals surface area contributed by atoms with Crippen molar-refractivity contribution in [3.63, 3.8) is 0 Å². The molecule has 0 aromatic carbocycles. The van der Waals surface area contributed by atoms with E-state index in [1.54, 1.807) is 0 Å². The van der Waals surface area contributed by atoms with Crippen LogP contribution in [0.1, 0.15) is 23.0 Å². The number of H-pyrrole nitrogens is 1. The fraction of sp³-hybridized carbons (Fsp3) is 0.400. The van der Waals surface area contributed by atoms with Crippen LogP contribution in [0.25, 0.3) is 0 Å². The van der Waals surface area contributed by atoms with Gasteiger partial charge >= 0.3 is 11.7 Å². The molecule has 0 amide bonds. The molecule has 7 nitrogen and oxygen atoms in total. The van der Waals surface area contributed by atoms with Gasteiger partial charge in [0.15, 0.2) is 19.5 Å². The first-order valence-corrected chi connectivity index (χ1v) is 7.65. The minimum absolute atomic E-state index is 0.0873. The molecule has 0 aliphatic rings. The number of hydrogen-bond donors (Lipinski definition) is 1. The van der Waals surface area contributed by atoms with E-state index in [-0.39, 0.29) is 15.7 Å². The van der Waals surface area contributed by atoms with Gasteiger partial charge in [0.2, 0.25) is 0 Å². The van der Waals surface area contributed by atoms with Crippen LogP contribution in [-0.2, 0) is 11.3 Å². The molecule has 0 aliphatic carbocycles. The van der Waals surface area contributed by atoms with Crippen molar-refractivity contribution in [1.82, 2.24) is 19.7 Å². The largest absolute Gasteiger partial charge is 0.465 e. The average molecular weight is 335 g/mol. The Balaban J connectivity index is 2.27. The molecule has 0 unspecified atom stereocenters. The number of carbonyl (C=O) groups excluding carboxylic acids is 1. The lowest BCUT2D eigenvalue weighted by molar-refractivity contribution is 0.0606. The summed E-state index contributed by atoms with van der Waals surface area (Å²) in [6.45, 7) is 2.52. The van der Waals surface area contributed by atoms with E-state index in [1.807, 2.05) is 6.92 Å². The third kappa shape index (κ3) is 3.05. The Hall–Kier alpha value is -1.32. The summed E-state index contributed by atoms with van der Waals surface area (Å²) in [4.78, 5) is 27.3. The van der Waals surface area contributed by atoms with Gasteiger partial charge in [-0.25, -0.2) is 19.7 Å². The predicted molar refractivity (Wildman–Crippen MR) is 75.7 cm³/mol. The van der Waals surface area contributed by atoms with Gasteiger partial charge in [0.25, 0.3) is 0 Å². The molecule has 0 spiro atoms. The van der Waals surface area contributed by atoms with Crippen LogP contribution in [0, 0.1) is 0 Å². The molecule has 0 bridgehead atoms. The molecule has 2 heterocycles. The third-order valence-corrected chi connectivity index (χ3v) is 4.76. The van der Waals surface area contributed by atoms with Gasteiger partial charge in [-0.1, -0.05) is 29.9 Å². The molecular formula is C10H11ClN4O3S2. The number of nitrogens with one attached hydrogen (secondary N) is 1. The molecule has 2 rings (SSSR count). The van der Waals surface area contributed by atoms with Crippen molar-refractivity contribution < 1.29 is 9.53 Å². The summed E-state index contributed by atoms with van der Waals surface area (Å²) in [5, 5.41) is 6.89. The highest BCUT2D eigenvalue weighted by Gasteiger charge is 2.19. The molecular weight excluding hydrogens is 324 g/mol. The van der Waals surface area contributed by atoms with E-state index in [0.29, 0.717) is 16.0 Å². The number of nitrogens with zero attached hydrogens (tertiary/aromatic N) is 3. The van der Waals surface area contributed by atoms with E-state index >= 15 is 0 Å². The van der Waals surface area contributed by atoms with Crippen molar-refractivity contribution in [3.8, 4) is 0 Å². The number of carbonyl (C=O) groups is 1. The van der Waals surface area contributed by atoms with Crippen LogP contribution in [0.3, 0.4) is 0 Å². The van der Waals surface area contributed by atoms with E-state index in [0.717, 1.165) is 17.8 Å². The predicted octanol–water partition coefficient (Wildman–Crippen LogP) is 2.03. The van der Waals surface area contributed by atoms with Crippen molar-refractivity contribution in [2.24, 2.45) is 0 Å². The first-order valence-electron chi connectivity index (χ1n) is 5.64. The van der Waals surface area contributed by atoms with E-state index < -0.39 is 5.97 Å². The van der Waals surface area contributed by atoms with Crippen molar-refractivity contribution in [1.29, 1.82) is 0 Å². The minimum atomic E-state index is -0.535. The maximum Gasteiger partial charge on any atom is 0.351 e. The van der Waals surface area contributed by atoms with E-state index in [1.165, 1.54) is 23.4 Å². The fourth-order valence-electron chi connectivity index (χ4n) is 1.43. The van der Waals surface area contributed by atoms with E-state index in [2.05, 4.69) is 19.9 Å². The Labute approximate surface area is 127 Å². The Morgan fingerprint density at radius 3 is 3.00 bits per heavy atom. The van der Waals surface area contributed by atoms with Gasteiger partial charge in [0.05, 0.1) is 7.11 Å². The van der Waals surface area contributed by atoms with Crippen LogP contribution in [0.15, 0.2) is 14.3 Å². The molecule has 0 atom stereocenters. The maximum atomic E-state index is 11.6. The summed E-state index contributed by atoms with van der Waals surface area (Å²) in [6, 6.07) is 0. The highest BCUT2D eigenvalue weighted by atomic mass is 35.5. The van der Waals surface area contributed by atoms with Crippen molar-refractivity contribution in [2.45, 2.75) is 29.4 Å². The SMILES string of the molecule is CCCn1c(Sc2nc(Cl)c(C(=O)OC)s2)n[nH]c1=O. The number of esters is 1. The van der Waals surface area contributed by atoms with Crippen LogP contribution < -0.4 is 5.69 Å². The molecule has 10 heteroatoms. The molecule has 20 heavy (non-hydrogen) atoms. The Morgan fingerprint density at radius 2 is 2.35 bits per heavy atom. The number of hydrogen-bond acceptors (Lipinski definition) is 7. The number of aromatic amines is 1. The summed E-state index contributed by atoms with van der Waals surface area (Å²) < 4.78 is 6.64. The van der Waals surface area contributed by atoms with Crippen LogP contribution in [-0.4, -0.2) is 32.8 Å². The topological polar surface area (TPSA) is 89.9 Å². The van der Waals surface area contributed by atoms with Gasteiger partial charge < -0.3 is 4.74 Å². The molecule has 0 saturated heterocycles. The standard InChI is InChI=1S/C10H11ClN4O3S2/c1-3-4-15-8(17)13-14-9(15)20-10-12-6(11)5(19-10)7(16)18-2/h3-4H2,1-2H3,(H,13,17). The highest BCUT2D eigenvalue weighted by Crippen LogP contribution is 2.33. The number of ether oxygens (including phenoxy) is 1. The highest BCUT2D eigenvalue weighted by molar-refractivity contribution is 8.00. The number of thiazole rings is 1. The molecule has 0 saturated carbocycles. The normalized spacial score (nSPS) is 10.8. The zero-order chi connectivity index (χ0) is 14.7. The molecule has 0 aliphatic heterocycles. The Morgan fingerprint density at radius 1 is 1.60 bits per heavy atom. The molecule has 2 aromatic heterocycles. The zero-order valence-corrected chi connectivity index (χ0v) is 13.1. The lowest BCUT2D eigenvalue weighted by Gasteiger charge is -2.00. The van der Waals surface area contributed by atoms with Crippen LogP contribution in [0.2, 0.25) is 5.15 Å². The van der Waals surface area contributed by atoms with Crippen LogP contribution >= 0.6 is 34.7 Å². The summed E-state index contributed by atoms with van der Waals surface area (Å²) in [6.07, 6.45) is 0.805. The van der Waals surface area contributed by atoms with E-state index in [4.69, 9.17) is 11.6 Å². The van der Waals surface area contributed by atoms with Gasteiger partial charge in [-0.15, -0.1) is 5.10 Å². The molecule has 108 valence electrons. The fourth-order valence-corrected chi connectivity index (χ4v) is 3.72.